The van der Waals surface area contributed by atoms with E-state index in [9.17, 15) is 9.90 Å². The Morgan fingerprint density at radius 2 is 1.91 bits per heavy atom. The SMILES string of the molecule is Cc1ccc(O)c(NC(=S)NC(=O)C=Cc2ccc(Cl)cc2)c1. The van der Waals surface area contributed by atoms with Crippen molar-refractivity contribution in [2.75, 3.05) is 5.32 Å². The van der Waals surface area contributed by atoms with Crippen LogP contribution in [-0.4, -0.2) is 16.1 Å². The number of halogens is 1. The van der Waals surface area contributed by atoms with Crippen LogP contribution in [0.5, 0.6) is 5.75 Å². The first kappa shape index (κ1) is 17.0. The number of thiocarbonyl (C=S) groups is 1. The van der Waals surface area contributed by atoms with E-state index in [-0.39, 0.29) is 16.8 Å². The van der Waals surface area contributed by atoms with Gasteiger partial charge in [0.05, 0.1) is 5.69 Å². The zero-order valence-electron chi connectivity index (χ0n) is 12.3. The second-order valence-electron chi connectivity index (χ2n) is 4.85. The number of aromatic hydroxyl groups is 1. The van der Waals surface area contributed by atoms with Crippen LogP contribution in [0.15, 0.2) is 48.5 Å². The van der Waals surface area contributed by atoms with Crippen LogP contribution in [0.4, 0.5) is 5.69 Å². The van der Waals surface area contributed by atoms with Crippen LogP contribution >= 0.6 is 23.8 Å². The molecular formula is C17H15ClN2O2S. The highest BCUT2D eigenvalue weighted by molar-refractivity contribution is 7.80. The predicted molar refractivity (Wildman–Crippen MR) is 97.7 cm³/mol. The number of phenolic OH excluding ortho intramolecular Hbond substituents is 1. The number of phenols is 1. The van der Waals surface area contributed by atoms with Gasteiger partial charge in [0.1, 0.15) is 5.75 Å². The van der Waals surface area contributed by atoms with Crippen molar-refractivity contribution in [2.45, 2.75) is 6.92 Å². The number of hydrogen-bond acceptors (Lipinski definition) is 3. The molecule has 0 bridgehead atoms. The van der Waals surface area contributed by atoms with Crippen molar-refractivity contribution in [3.63, 3.8) is 0 Å². The molecule has 1 amide bonds. The van der Waals surface area contributed by atoms with E-state index in [1.165, 1.54) is 6.08 Å². The maximum atomic E-state index is 11.8. The van der Waals surface area contributed by atoms with Crippen LogP contribution in [0.2, 0.25) is 5.02 Å². The lowest BCUT2D eigenvalue weighted by Crippen LogP contribution is -2.32. The average molecular weight is 347 g/mol. The lowest BCUT2D eigenvalue weighted by Gasteiger charge is -2.10. The molecule has 2 rings (SSSR count). The van der Waals surface area contributed by atoms with E-state index in [4.69, 9.17) is 23.8 Å². The molecule has 0 atom stereocenters. The Kier molecular flexibility index (Phi) is 5.73. The summed E-state index contributed by atoms with van der Waals surface area (Å²) >= 11 is 10.9. The zero-order valence-corrected chi connectivity index (χ0v) is 13.9. The molecule has 0 aliphatic carbocycles. The molecule has 2 aromatic rings. The second kappa shape index (κ2) is 7.76. The van der Waals surface area contributed by atoms with Gasteiger partial charge in [-0.15, -0.1) is 0 Å². The number of nitrogens with one attached hydrogen (secondary N) is 2. The van der Waals surface area contributed by atoms with Gasteiger partial charge in [-0.25, -0.2) is 0 Å². The molecule has 0 aromatic heterocycles. The molecule has 118 valence electrons. The molecule has 6 heteroatoms. The van der Waals surface area contributed by atoms with E-state index >= 15 is 0 Å². The third-order valence-corrected chi connectivity index (χ3v) is 3.39. The Morgan fingerprint density at radius 1 is 1.22 bits per heavy atom. The Labute approximate surface area is 144 Å². The Balaban J connectivity index is 1.93. The van der Waals surface area contributed by atoms with Crippen LogP contribution in [0.1, 0.15) is 11.1 Å². The molecule has 0 unspecified atom stereocenters. The lowest BCUT2D eigenvalue weighted by molar-refractivity contribution is -0.115. The molecule has 0 saturated carbocycles. The lowest BCUT2D eigenvalue weighted by atomic mass is 10.2. The molecule has 2 aromatic carbocycles. The summed E-state index contributed by atoms with van der Waals surface area (Å²) in [6.07, 6.45) is 3.02. The van der Waals surface area contributed by atoms with Crippen molar-refractivity contribution in [3.8, 4) is 5.75 Å². The maximum absolute atomic E-state index is 11.8. The minimum Gasteiger partial charge on any atom is -0.506 e. The summed E-state index contributed by atoms with van der Waals surface area (Å²) in [4.78, 5) is 11.8. The number of benzene rings is 2. The quantitative estimate of drug-likeness (QED) is 0.448. The number of aryl methyl sites for hydroxylation is 1. The van der Waals surface area contributed by atoms with E-state index in [0.29, 0.717) is 10.7 Å². The van der Waals surface area contributed by atoms with Gasteiger partial charge in [-0.3, -0.25) is 10.1 Å². The molecule has 3 N–H and O–H groups in total. The topological polar surface area (TPSA) is 61.4 Å². The predicted octanol–water partition coefficient (Wildman–Crippen LogP) is 3.88. The van der Waals surface area contributed by atoms with E-state index in [0.717, 1.165) is 11.1 Å². The molecule has 4 nitrogen and oxygen atoms in total. The highest BCUT2D eigenvalue weighted by Gasteiger charge is 2.05. The minimum atomic E-state index is -0.371. The summed E-state index contributed by atoms with van der Waals surface area (Å²) in [6, 6.07) is 12.1. The van der Waals surface area contributed by atoms with E-state index in [1.54, 1.807) is 48.5 Å². The van der Waals surface area contributed by atoms with Crippen LogP contribution in [0.3, 0.4) is 0 Å². The molecular weight excluding hydrogens is 332 g/mol. The van der Waals surface area contributed by atoms with E-state index < -0.39 is 0 Å². The van der Waals surface area contributed by atoms with Gasteiger partial charge in [0.25, 0.3) is 0 Å². The molecule has 0 saturated heterocycles. The first-order valence-electron chi connectivity index (χ1n) is 6.79. The highest BCUT2D eigenvalue weighted by atomic mass is 35.5. The number of hydrogen-bond donors (Lipinski definition) is 3. The number of rotatable bonds is 3. The van der Waals surface area contributed by atoms with Gasteiger partial charge in [0, 0.05) is 11.1 Å². The maximum Gasteiger partial charge on any atom is 0.250 e. The molecule has 23 heavy (non-hydrogen) atoms. The third-order valence-electron chi connectivity index (χ3n) is 2.93. The molecule has 0 fully saturated rings. The van der Waals surface area contributed by atoms with Gasteiger partial charge in [-0.05, 0) is 60.6 Å². The first-order valence-corrected chi connectivity index (χ1v) is 7.58. The van der Waals surface area contributed by atoms with E-state index in [1.807, 2.05) is 6.92 Å². The summed E-state index contributed by atoms with van der Waals surface area (Å²) in [5, 5.41) is 15.8. The number of anilines is 1. The molecule has 0 aliphatic heterocycles. The molecule has 0 radical (unpaired) electrons. The van der Waals surface area contributed by atoms with Crippen LogP contribution in [-0.2, 0) is 4.79 Å². The van der Waals surface area contributed by atoms with Crippen molar-refractivity contribution >= 4 is 46.6 Å². The van der Waals surface area contributed by atoms with Gasteiger partial charge < -0.3 is 10.4 Å². The van der Waals surface area contributed by atoms with Gasteiger partial charge >= 0.3 is 0 Å². The summed E-state index contributed by atoms with van der Waals surface area (Å²) < 4.78 is 0. The standard InChI is InChI=1S/C17H15ClN2O2S/c1-11-2-8-15(21)14(10-11)19-17(23)20-16(22)9-5-12-3-6-13(18)7-4-12/h2-10,21H,1H3,(H2,19,20,22,23). The number of carbonyl (C=O) groups is 1. The fourth-order valence-corrected chi connectivity index (χ4v) is 2.14. The third kappa shape index (κ3) is 5.39. The average Bonchev–Trinajstić information content (AvgIpc) is 2.50. The molecule has 0 spiro atoms. The van der Waals surface area contributed by atoms with Crippen LogP contribution < -0.4 is 10.6 Å². The minimum absolute atomic E-state index is 0.0592. The van der Waals surface area contributed by atoms with Gasteiger partial charge in [-0.1, -0.05) is 29.8 Å². The van der Waals surface area contributed by atoms with Crippen LogP contribution in [0, 0.1) is 6.92 Å². The first-order chi connectivity index (χ1) is 10.9. The Morgan fingerprint density at radius 3 is 2.61 bits per heavy atom. The Hall–Kier alpha value is -2.37. The van der Waals surface area contributed by atoms with Crippen molar-refractivity contribution < 1.29 is 9.90 Å². The zero-order chi connectivity index (χ0) is 16.8. The van der Waals surface area contributed by atoms with Gasteiger partial charge in [0.2, 0.25) is 5.91 Å². The normalized spacial score (nSPS) is 10.5. The largest absolute Gasteiger partial charge is 0.506 e. The van der Waals surface area contributed by atoms with Gasteiger partial charge in [0.15, 0.2) is 5.11 Å². The van der Waals surface area contributed by atoms with Crippen molar-refractivity contribution in [1.82, 2.24) is 5.32 Å². The molecule has 0 aliphatic rings. The van der Waals surface area contributed by atoms with Crippen molar-refractivity contribution in [1.29, 1.82) is 0 Å². The fraction of sp³-hybridized carbons (Fsp3) is 0.0588. The van der Waals surface area contributed by atoms with Crippen molar-refractivity contribution in [3.05, 3.63) is 64.7 Å². The fourth-order valence-electron chi connectivity index (χ4n) is 1.80. The molecule has 0 heterocycles. The summed E-state index contributed by atoms with van der Waals surface area (Å²) in [5.41, 5.74) is 2.25. The van der Waals surface area contributed by atoms with Crippen LogP contribution in [0.25, 0.3) is 6.08 Å². The summed E-state index contributed by atoms with van der Waals surface area (Å²) in [5.74, 6) is -0.312. The Bertz CT molecular complexity index is 758. The summed E-state index contributed by atoms with van der Waals surface area (Å²) in [6.45, 7) is 1.89. The van der Waals surface area contributed by atoms with E-state index in [2.05, 4.69) is 10.6 Å². The highest BCUT2D eigenvalue weighted by Crippen LogP contribution is 2.23. The van der Waals surface area contributed by atoms with Gasteiger partial charge in [-0.2, -0.15) is 0 Å². The monoisotopic (exact) mass is 346 g/mol. The smallest absolute Gasteiger partial charge is 0.250 e. The second-order valence-corrected chi connectivity index (χ2v) is 5.69. The van der Waals surface area contributed by atoms with Crippen molar-refractivity contribution in [2.24, 2.45) is 0 Å². The number of amides is 1. The summed E-state index contributed by atoms with van der Waals surface area (Å²) in [7, 11) is 0. The number of carbonyl (C=O) groups excluding carboxylic acids is 1.